The van der Waals surface area contributed by atoms with Gasteiger partial charge in [-0.1, -0.05) is 37.4 Å². The molecule has 1 aliphatic carbocycles. The van der Waals surface area contributed by atoms with E-state index in [1.54, 1.807) is 12.1 Å². The van der Waals surface area contributed by atoms with E-state index in [9.17, 15) is 8.42 Å². The number of halogens is 1. The number of nitrogens with one attached hydrogen (secondary N) is 2. The Balaban J connectivity index is 2.13. The molecule has 1 unspecified atom stereocenters. The molecule has 0 amide bonds. The molecule has 1 aliphatic rings. The maximum atomic E-state index is 12.5. The molecule has 21 heavy (non-hydrogen) atoms. The van der Waals surface area contributed by atoms with Crippen molar-refractivity contribution in [3.63, 3.8) is 0 Å². The molecule has 1 atom stereocenters. The highest BCUT2D eigenvalue weighted by atomic mass is 35.5. The first-order chi connectivity index (χ1) is 9.92. The highest BCUT2D eigenvalue weighted by Gasteiger charge is 2.27. The zero-order valence-corrected chi connectivity index (χ0v) is 14.1. The standard InChI is InChI=1S/C15H23ClN2O2S/c1-3-17-10-13-6-7-14(16)15(9-13)21(19,20)18-11(2)8-12-4-5-12/h6-7,9,11-12,17-18H,3-5,8,10H2,1-2H3. The van der Waals surface area contributed by atoms with E-state index in [1.165, 1.54) is 12.8 Å². The Labute approximate surface area is 132 Å². The van der Waals surface area contributed by atoms with Crippen LogP contribution >= 0.6 is 11.6 Å². The van der Waals surface area contributed by atoms with Crippen molar-refractivity contribution in [2.75, 3.05) is 6.54 Å². The van der Waals surface area contributed by atoms with Crippen LogP contribution < -0.4 is 10.0 Å². The van der Waals surface area contributed by atoms with E-state index in [1.807, 2.05) is 19.9 Å². The van der Waals surface area contributed by atoms with Gasteiger partial charge in [-0.15, -0.1) is 0 Å². The van der Waals surface area contributed by atoms with Crippen LogP contribution in [0.3, 0.4) is 0 Å². The fraction of sp³-hybridized carbons (Fsp3) is 0.600. The van der Waals surface area contributed by atoms with Crippen molar-refractivity contribution >= 4 is 21.6 Å². The molecule has 0 aliphatic heterocycles. The third kappa shape index (κ3) is 4.95. The summed E-state index contributed by atoms with van der Waals surface area (Å²) in [6.07, 6.45) is 3.32. The smallest absolute Gasteiger partial charge is 0.242 e. The summed E-state index contributed by atoms with van der Waals surface area (Å²) in [5.74, 6) is 0.679. The first kappa shape index (κ1) is 16.7. The molecular weight excluding hydrogens is 308 g/mol. The minimum Gasteiger partial charge on any atom is -0.313 e. The summed E-state index contributed by atoms with van der Waals surface area (Å²) in [5, 5.41) is 3.44. The van der Waals surface area contributed by atoms with Gasteiger partial charge in [-0.25, -0.2) is 13.1 Å². The second kappa shape index (κ2) is 7.09. The highest BCUT2D eigenvalue weighted by molar-refractivity contribution is 7.89. The average Bonchev–Trinajstić information content (AvgIpc) is 3.20. The molecule has 1 fully saturated rings. The normalized spacial score (nSPS) is 16.9. The van der Waals surface area contributed by atoms with Gasteiger partial charge >= 0.3 is 0 Å². The Hall–Kier alpha value is -0.620. The van der Waals surface area contributed by atoms with Crippen molar-refractivity contribution in [1.82, 2.24) is 10.0 Å². The van der Waals surface area contributed by atoms with E-state index in [-0.39, 0.29) is 16.0 Å². The van der Waals surface area contributed by atoms with Gasteiger partial charge in [0.05, 0.1) is 5.02 Å². The maximum absolute atomic E-state index is 12.5. The third-order valence-electron chi connectivity index (χ3n) is 3.60. The van der Waals surface area contributed by atoms with Crippen molar-refractivity contribution in [2.24, 2.45) is 5.92 Å². The van der Waals surface area contributed by atoms with Crippen molar-refractivity contribution in [2.45, 2.75) is 50.6 Å². The summed E-state index contributed by atoms with van der Waals surface area (Å²) in [4.78, 5) is 0.169. The molecule has 1 saturated carbocycles. The first-order valence-corrected chi connectivity index (χ1v) is 9.30. The number of benzene rings is 1. The summed E-state index contributed by atoms with van der Waals surface area (Å²) in [7, 11) is -3.57. The molecule has 6 heteroatoms. The van der Waals surface area contributed by atoms with E-state index in [0.717, 1.165) is 18.5 Å². The predicted octanol–water partition coefficient (Wildman–Crippen LogP) is 2.92. The van der Waals surface area contributed by atoms with E-state index < -0.39 is 10.0 Å². The number of hydrogen-bond acceptors (Lipinski definition) is 3. The lowest BCUT2D eigenvalue weighted by Gasteiger charge is -2.15. The molecule has 0 radical (unpaired) electrons. The van der Waals surface area contributed by atoms with Gasteiger partial charge in [0, 0.05) is 12.6 Å². The molecule has 0 saturated heterocycles. The molecule has 0 heterocycles. The van der Waals surface area contributed by atoms with Crippen LogP contribution in [0.1, 0.15) is 38.7 Å². The van der Waals surface area contributed by atoms with Crippen LogP contribution in [0.25, 0.3) is 0 Å². The van der Waals surface area contributed by atoms with E-state index in [2.05, 4.69) is 10.0 Å². The summed E-state index contributed by atoms with van der Waals surface area (Å²) in [6.45, 7) is 5.39. The molecule has 2 rings (SSSR count). The summed E-state index contributed by atoms with van der Waals surface area (Å²) < 4.78 is 27.7. The van der Waals surface area contributed by atoms with Gasteiger partial charge < -0.3 is 5.32 Å². The summed E-state index contributed by atoms with van der Waals surface area (Å²) >= 11 is 6.08. The monoisotopic (exact) mass is 330 g/mol. The van der Waals surface area contributed by atoms with Gasteiger partial charge in [0.15, 0.2) is 0 Å². The average molecular weight is 331 g/mol. The van der Waals surface area contributed by atoms with Crippen LogP contribution in [0.2, 0.25) is 5.02 Å². The fourth-order valence-corrected chi connectivity index (χ4v) is 4.17. The van der Waals surface area contributed by atoms with Gasteiger partial charge in [0.25, 0.3) is 0 Å². The Morgan fingerprint density at radius 2 is 2.10 bits per heavy atom. The Morgan fingerprint density at radius 1 is 1.38 bits per heavy atom. The lowest BCUT2D eigenvalue weighted by atomic mass is 10.2. The molecular formula is C15H23ClN2O2S. The largest absolute Gasteiger partial charge is 0.313 e. The van der Waals surface area contributed by atoms with Crippen molar-refractivity contribution in [3.8, 4) is 0 Å². The second-order valence-electron chi connectivity index (χ2n) is 5.75. The predicted molar refractivity (Wildman–Crippen MR) is 86.0 cm³/mol. The minimum absolute atomic E-state index is 0.0593. The summed E-state index contributed by atoms with van der Waals surface area (Å²) in [5.41, 5.74) is 0.913. The SMILES string of the molecule is CCNCc1ccc(Cl)c(S(=O)(=O)NC(C)CC2CC2)c1. The van der Waals surface area contributed by atoms with Crippen LogP contribution in [-0.2, 0) is 16.6 Å². The number of rotatable bonds is 8. The summed E-state index contributed by atoms with van der Waals surface area (Å²) in [6, 6.07) is 5.08. The fourth-order valence-electron chi connectivity index (χ4n) is 2.36. The van der Waals surface area contributed by atoms with E-state index in [4.69, 9.17) is 11.6 Å². The Kier molecular flexibility index (Phi) is 5.66. The van der Waals surface area contributed by atoms with Crippen LogP contribution in [0.15, 0.2) is 23.1 Å². The van der Waals surface area contributed by atoms with Crippen molar-refractivity contribution in [3.05, 3.63) is 28.8 Å². The quantitative estimate of drug-likeness (QED) is 0.770. The molecule has 0 spiro atoms. The van der Waals surface area contributed by atoms with Gasteiger partial charge in [-0.3, -0.25) is 0 Å². The molecule has 118 valence electrons. The highest BCUT2D eigenvalue weighted by Crippen LogP contribution is 2.34. The van der Waals surface area contributed by atoms with E-state index >= 15 is 0 Å². The molecule has 4 nitrogen and oxygen atoms in total. The minimum atomic E-state index is -3.57. The lowest BCUT2D eigenvalue weighted by molar-refractivity contribution is 0.530. The van der Waals surface area contributed by atoms with Crippen LogP contribution in [0.4, 0.5) is 0 Å². The molecule has 1 aromatic carbocycles. The van der Waals surface area contributed by atoms with Gasteiger partial charge in [0.1, 0.15) is 4.90 Å². The van der Waals surface area contributed by atoms with Crippen LogP contribution in [0.5, 0.6) is 0 Å². The third-order valence-corrected chi connectivity index (χ3v) is 5.68. The van der Waals surface area contributed by atoms with Gasteiger partial charge in [-0.2, -0.15) is 0 Å². The topological polar surface area (TPSA) is 58.2 Å². The van der Waals surface area contributed by atoms with Crippen molar-refractivity contribution < 1.29 is 8.42 Å². The molecule has 2 N–H and O–H groups in total. The zero-order chi connectivity index (χ0) is 15.5. The molecule has 1 aromatic rings. The molecule has 0 bridgehead atoms. The van der Waals surface area contributed by atoms with E-state index in [0.29, 0.717) is 12.5 Å². The maximum Gasteiger partial charge on any atom is 0.242 e. The second-order valence-corrected chi connectivity index (χ2v) is 7.84. The Morgan fingerprint density at radius 3 is 2.71 bits per heavy atom. The van der Waals surface area contributed by atoms with Crippen LogP contribution in [0, 0.1) is 5.92 Å². The van der Waals surface area contributed by atoms with Crippen LogP contribution in [-0.4, -0.2) is 21.0 Å². The lowest BCUT2D eigenvalue weighted by Crippen LogP contribution is -2.33. The van der Waals surface area contributed by atoms with Crippen molar-refractivity contribution in [1.29, 1.82) is 0 Å². The zero-order valence-electron chi connectivity index (χ0n) is 12.5. The molecule has 0 aromatic heterocycles. The number of hydrogen-bond donors (Lipinski definition) is 2. The van der Waals surface area contributed by atoms with Gasteiger partial charge in [0.2, 0.25) is 10.0 Å². The van der Waals surface area contributed by atoms with Gasteiger partial charge in [-0.05, 0) is 43.5 Å². The number of sulfonamides is 1. The Bertz CT molecular complexity index is 585. The first-order valence-electron chi connectivity index (χ1n) is 7.44.